The molecule has 0 radical (unpaired) electrons. The molecular weight excluding hydrogens is 292 g/mol. The Morgan fingerprint density at radius 2 is 2.14 bits per heavy atom. The number of hydrogen-bond acceptors (Lipinski definition) is 2. The van der Waals surface area contributed by atoms with Crippen molar-refractivity contribution in [3.8, 4) is 0 Å². The molecule has 0 spiro atoms. The molecule has 1 heterocycles. The van der Waals surface area contributed by atoms with E-state index in [1.807, 2.05) is 18.2 Å². The van der Waals surface area contributed by atoms with Crippen LogP contribution in [0.3, 0.4) is 0 Å². The number of carboxylic acids is 1. The monoisotopic (exact) mass is 310 g/mol. The number of aliphatic carboxylic acids is 1. The third-order valence-electron chi connectivity index (χ3n) is 3.71. The first-order valence-corrected chi connectivity index (χ1v) is 7.30. The van der Waals surface area contributed by atoms with Gasteiger partial charge in [-0.2, -0.15) is 0 Å². The van der Waals surface area contributed by atoms with E-state index in [1.54, 1.807) is 22.9 Å². The number of urea groups is 1. The van der Waals surface area contributed by atoms with Gasteiger partial charge in [0.2, 0.25) is 0 Å². The van der Waals surface area contributed by atoms with E-state index in [9.17, 15) is 9.59 Å². The molecule has 1 aromatic carbocycles. The van der Waals surface area contributed by atoms with Gasteiger partial charge in [-0.25, -0.2) is 4.79 Å². The van der Waals surface area contributed by atoms with E-state index in [1.165, 1.54) is 0 Å². The molecule has 2 amide bonds. The molecule has 1 unspecified atom stereocenters. The van der Waals surface area contributed by atoms with Crippen LogP contribution in [-0.4, -0.2) is 47.0 Å². The minimum atomic E-state index is -0.807. The van der Waals surface area contributed by atoms with Crippen LogP contribution in [0.25, 0.3) is 0 Å². The van der Waals surface area contributed by atoms with E-state index < -0.39 is 5.97 Å². The molecule has 0 aliphatic carbocycles. The normalized spacial score (nSPS) is 17.8. The van der Waals surface area contributed by atoms with Crippen LogP contribution in [0.4, 0.5) is 4.79 Å². The molecule has 1 fully saturated rings. The molecule has 6 heteroatoms. The van der Waals surface area contributed by atoms with Crippen molar-refractivity contribution >= 4 is 23.6 Å². The number of benzene rings is 1. The lowest BCUT2D eigenvalue weighted by Gasteiger charge is -2.25. The third-order valence-corrected chi connectivity index (χ3v) is 4.08. The fourth-order valence-electron chi connectivity index (χ4n) is 2.61. The average Bonchev–Trinajstić information content (AvgIpc) is 2.88. The average molecular weight is 311 g/mol. The van der Waals surface area contributed by atoms with E-state index in [4.69, 9.17) is 16.7 Å². The number of rotatable bonds is 4. The van der Waals surface area contributed by atoms with Crippen molar-refractivity contribution in [3.05, 3.63) is 34.9 Å². The first-order chi connectivity index (χ1) is 9.97. The molecule has 1 N–H and O–H groups in total. The topological polar surface area (TPSA) is 60.9 Å². The second-order valence-electron chi connectivity index (χ2n) is 5.43. The fraction of sp³-hybridized carbons (Fsp3) is 0.467. The van der Waals surface area contributed by atoms with E-state index in [0.29, 0.717) is 24.7 Å². The number of amides is 2. The predicted octanol–water partition coefficient (Wildman–Crippen LogP) is 2.69. The van der Waals surface area contributed by atoms with Gasteiger partial charge in [0.15, 0.2) is 0 Å². The largest absolute Gasteiger partial charge is 0.481 e. The lowest BCUT2D eigenvalue weighted by atomic mass is 10.1. The summed E-state index contributed by atoms with van der Waals surface area (Å²) in [4.78, 5) is 26.4. The quantitative estimate of drug-likeness (QED) is 0.930. The van der Waals surface area contributed by atoms with Gasteiger partial charge >= 0.3 is 12.0 Å². The van der Waals surface area contributed by atoms with Crippen molar-refractivity contribution in [2.24, 2.45) is 5.92 Å². The molecule has 1 atom stereocenters. The second-order valence-corrected chi connectivity index (χ2v) is 5.84. The molecule has 1 aliphatic heterocycles. The lowest BCUT2D eigenvalue weighted by molar-refractivity contribution is -0.138. The molecule has 0 bridgehead atoms. The first-order valence-electron chi connectivity index (χ1n) is 6.92. The Morgan fingerprint density at radius 3 is 2.81 bits per heavy atom. The molecule has 5 nitrogen and oxygen atoms in total. The summed E-state index contributed by atoms with van der Waals surface area (Å²) in [5, 5.41) is 9.45. The molecule has 21 heavy (non-hydrogen) atoms. The van der Waals surface area contributed by atoms with Gasteiger partial charge in [0.25, 0.3) is 0 Å². The zero-order valence-electron chi connectivity index (χ0n) is 12.0. The van der Waals surface area contributed by atoms with Gasteiger partial charge in [0.1, 0.15) is 0 Å². The van der Waals surface area contributed by atoms with Gasteiger partial charge in [-0.05, 0) is 24.0 Å². The summed E-state index contributed by atoms with van der Waals surface area (Å²) in [5.74, 6) is -0.751. The number of likely N-dealkylation sites (tertiary alicyclic amines) is 1. The summed E-state index contributed by atoms with van der Waals surface area (Å²) >= 11 is 6.10. The van der Waals surface area contributed by atoms with Crippen LogP contribution in [0, 0.1) is 5.92 Å². The molecule has 0 saturated carbocycles. The third kappa shape index (κ3) is 4.11. The molecule has 1 aliphatic rings. The van der Waals surface area contributed by atoms with Gasteiger partial charge in [-0.15, -0.1) is 0 Å². The van der Waals surface area contributed by atoms with Gasteiger partial charge in [-0.1, -0.05) is 29.8 Å². The van der Waals surface area contributed by atoms with Crippen LogP contribution in [0.1, 0.15) is 18.4 Å². The summed E-state index contributed by atoms with van der Waals surface area (Å²) < 4.78 is 0. The number of carbonyl (C=O) groups is 2. The van der Waals surface area contributed by atoms with Crippen molar-refractivity contribution in [3.63, 3.8) is 0 Å². The zero-order chi connectivity index (χ0) is 15.4. The maximum atomic E-state index is 12.4. The van der Waals surface area contributed by atoms with Crippen molar-refractivity contribution in [2.75, 3.05) is 20.1 Å². The Labute approximate surface area is 129 Å². The standard InChI is InChI=1S/C15H19ClN2O3/c1-17(10-12-4-2-3-5-13(12)16)15(21)18-7-6-11(9-18)8-14(19)20/h2-5,11H,6-10H2,1H3,(H,19,20). The van der Waals surface area contributed by atoms with E-state index in [-0.39, 0.29) is 18.4 Å². The highest BCUT2D eigenvalue weighted by Crippen LogP contribution is 2.22. The summed E-state index contributed by atoms with van der Waals surface area (Å²) in [6.45, 7) is 1.57. The highest BCUT2D eigenvalue weighted by Gasteiger charge is 2.29. The van der Waals surface area contributed by atoms with E-state index >= 15 is 0 Å². The van der Waals surface area contributed by atoms with Crippen molar-refractivity contribution in [2.45, 2.75) is 19.4 Å². The molecule has 1 aromatic rings. The Balaban J connectivity index is 1.91. The maximum Gasteiger partial charge on any atom is 0.320 e. The molecule has 2 rings (SSSR count). The maximum absolute atomic E-state index is 12.4. The Kier molecular flexibility index (Phi) is 5.07. The smallest absolute Gasteiger partial charge is 0.320 e. The van der Waals surface area contributed by atoms with Crippen LogP contribution in [0.5, 0.6) is 0 Å². The van der Waals surface area contributed by atoms with Gasteiger partial charge in [0.05, 0.1) is 0 Å². The number of halogens is 1. The van der Waals surface area contributed by atoms with Crippen LogP contribution >= 0.6 is 11.6 Å². The number of carboxylic acid groups (broad SMARTS) is 1. The Hall–Kier alpha value is -1.75. The zero-order valence-corrected chi connectivity index (χ0v) is 12.7. The summed E-state index contributed by atoms with van der Waals surface area (Å²) in [6, 6.07) is 7.35. The first kappa shape index (κ1) is 15.6. The molecule has 0 aromatic heterocycles. The Morgan fingerprint density at radius 1 is 1.43 bits per heavy atom. The minimum Gasteiger partial charge on any atom is -0.481 e. The summed E-state index contributed by atoms with van der Waals surface area (Å²) in [5.41, 5.74) is 0.899. The number of hydrogen-bond donors (Lipinski definition) is 1. The molecule has 114 valence electrons. The fourth-order valence-corrected chi connectivity index (χ4v) is 2.81. The lowest BCUT2D eigenvalue weighted by Crippen LogP contribution is -2.39. The van der Waals surface area contributed by atoms with Crippen LogP contribution in [0.15, 0.2) is 24.3 Å². The molecular formula is C15H19ClN2O3. The Bertz CT molecular complexity index is 535. The number of carbonyl (C=O) groups excluding carboxylic acids is 1. The van der Waals surface area contributed by atoms with Crippen LogP contribution in [-0.2, 0) is 11.3 Å². The predicted molar refractivity (Wildman–Crippen MR) is 80.2 cm³/mol. The van der Waals surface area contributed by atoms with Crippen molar-refractivity contribution in [1.82, 2.24) is 9.80 Å². The van der Waals surface area contributed by atoms with Crippen LogP contribution < -0.4 is 0 Å². The number of nitrogens with zero attached hydrogens (tertiary/aromatic N) is 2. The second kappa shape index (κ2) is 6.80. The van der Waals surface area contributed by atoms with Crippen molar-refractivity contribution < 1.29 is 14.7 Å². The SMILES string of the molecule is CN(Cc1ccccc1Cl)C(=O)N1CCC(CC(=O)O)C1. The van der Waals surface area contributed by atoms with E-state index in [2.05, 4.69) is 0 Å². The molecule has 1 saturated heterocycles. The highest BCUT2D eigenvalue weighted by atomic mass is 35.5. The summed E-state index contributed by atoms with van der Waals surface area (Å²) in [6.07, 6.45) is 0.871. The summed E-state index contributed by atoms with van der Waals surface area (Å²) in [7, 11) is 1.73. The van der Waals surface area contributed by atoms with Crippen molar-refractivity contribution in [1.29, 1.82) is 0 Å². The van der Waals surface area contributed by atoms with Gasteiger partial charge < -0.3 is 14.9 Å². The minimum absolute atomic E-state index is 0.0557. The van der Waals surface area contributed by atoms with Crippen LogP contribution in [0.2, 0.25) is 5.02 Å². The van der Waals surface area contributed by atoms with Gasteiger partial charge in [0, 0.05) is 38.1 Å². The highest BCUT2D eigenvalue weighted by molar-refractivity contribution is 6.31. The van der Waals surface area contributed by atoms with E-state index in [0.717, 1.165) is 12.0 Å². The van der Waals surface area contributed by atoms with Gasteiger partial charge in [-0.3, -0.25) is 4.79 Å².